The van der Waals surface area contributed by atoms with Gasteiger partial charge in [0.15, 0.2) is 0 Å². The molecule has 0 saturated carbocycles. The highest BCUT2D eigenvalue weighted by Gasteiger charge is 2.15. The Hall–Kier alpha value is -4.50. The van der Waals surface area contributed by atoms with Crippen molar-refractivity contribution in [2.75, 3.05) is 12.3 Å². The SMILES string of the molecule is CCOC(=O)c1cc2cc(C#Cc3ccc(-c4ccc(N)cc4)cc3)c(O)cc2oc1=O. The lowest BCUT2D eigenvalue weighted by Crippen LogP contribution is -2.16. The summed E-state index contributed by atoms with van der Waals surface area (Å²) in [7, 11) is 0. The van der Waals surface area contributed by atoms with Gasteiger partial charge in [-0.05, 0) is 54.4 Å². The van der Waals surface area contributed by atoms with Crippen molar-refractivity contribution in [3.8, 4) is 28.7 Å². The Morgan fingerprint density at radius 2 is 1.66 bits per heavy atom. The number of hydrogen-bond acceptors (Lipinski definition) is 6. The quantitative estimate of drug-likeness (QED) is 0.219. The van der Waals surface area contributed by atoms with Gasteiger partial charge < -0.3 is 20.0 Å². The number of nitrogen functional groups attached to an aromatic ring is 1. The fourth-order valence-corrected chi connectivity index (χ4v) is 3.17. The lowest BCUT2D eigenvalue weighted by atomic mass is 10.0. The number of ether oxygens (including phenoxy) is 1. The van der Waals surface area contributed by atoms with E-state index in [2.05, 4.69) is 11.8 Å². The van der Waals surface area contributed by atoms with Gasteiger partial charge in [0.2, 0.25) is 0 Å². The second kappa shape index (κ2) is 8.70. The number of hydrogen-bond donors (Lipinski definition) is 2. The van der Waals surface area contributed by atoms with Crippen LogP contribution in [-0.2, 0) is 4.74 Å². The number of phenolic OH excluding ortho intramolecular Hbond substituents is 1. The molecular formula is C26H19NO5. The van der Waals surface area contributed by atoms with Crippen LogP contribution in [0.15, 0.2) is 75.9 Å². The number of anilines is 1. The van der Waals surface area contributed by atoms with Gasteiger partial charge in [-0.15, -0.1) is 0 Å². The highest BCUT2D eigenvalue weighted by molar-refractivity contribution is 5.93. The Bertz CT molecular complexity index is 1420. The number of carbonyl (C=O) groups excluding carboxylic acids is 1. The van der Waals surface area contributed by atoms with E-state index >= 15 is 0 Å². The van der Waals surface area contributed by atoms with Crippen molar-refractivity contribution in [1.29, 1.82) is 0 Å². The Morgan fingerprint density at radius 3 is 2.31 bits per heavy atom. The van der Waals surface area contributed by atoms with Crippen molar-refractivity contribution >= 4 is 22.6 Å². The Balaban J connectivity index is 1.65. The van der Waals surface area contributed by atoms with Gasteiger partial charge in [0.05, 0.1) is 12.2 Å². The third kappa shape index (κ3) is 4.32. The van der Waals surface area contributed by atoms with Crippen LogP contribution in [0.3, 0.4) is 0 Å². The molecule has 6 nitrogen and oxygen atoms in total. The largest absolute Gasteiger partial charge is 0.507 e. The molecule has 4 rings (SSSR count). The fraction of sp³-hybridized carbons (Fsp3) is 0.0769. The molecule has 0 atom stereocenters. The molecule has 1 heterocycles. The van der Waals surface area contributed by atoms with Gasteiger partial charge in [-0.1, -0.05) is 36.1 Å². The van der Waals surface area contributed by atoms with Crippen LogP contribution in [0.25, 0.3) is 22.1 Å². The Morgan fingerprint density at radius 1 is 1.00 bits per heavy atom. The summed E-state index contributed by atoms with van der Waals surface area (Å²) in [5.74, 6) is 5.05. The lowest BCUT2D eigenvalue weighted by molar-refractivity contribution is 0.0522. The smallest absolute Gasteiger partial charge is 0.351 e. The molecule has 3 aromatic carbocycles. The van der Waals surface area contributed by atoms with Gasteiger partial charge in [-0.25, -0.2) is 9.59 Å². The average Bonchev–Trinajstić information content (AvgIpc) is 2.78. The zero-order valence-electron chi connectivity index (χ0n) is 17.2. The summed E-state index contributed by atoms with van der Waals surface area (Å²) in [6, 6.07) is 19.5. The minimum Gasteiger partial charge on any atom is -0.507 e. The maximum atomic E-state index is 12.0. The molecule has 0 saturated heterocycles. The Kier molecular flexibility index (Phi) is 5.65. The predicted molar refractivity (Wildman–Crippen MR) is 122 cm³/mol. The molecule has 3 N–H and O–H groups in total. The molecule has 0 aliphatic carbocycles. The molecule has 0 aliphatic heterocycles. The van der Waals surface area contributed by atoms with Crippen LogP contribution in [-0.4, -0.2) is 17.7 Å². The fourth-order valence-electron chi connectivity index (χ4n) is 3.17. The summed E-state index contributed by atoms with van der Waals surface area (Å²) in [5.41, 5.74) is 8.74. The molecule has 0 radical (unpaired) electrons. The molecule has 32 heavy (non-hydrogen) atoms. The summed E-state index contributed by atoms with van der Waals surface area (Å²) in [6.07, 6.45) is 0. The summed E-state index contributed by atoms with van der Waals surface area (Å²) >= 11 is 0. The molecule has 0 spiro atoms. The van der Waals surface area contributed by atoms with Crippen LogP contribution in [0.5, 0.6) is 5.75 Å². The molecule has 158 valence electrons. The van der Waals surface area contributed by atoms with Crippen molar-refractivity contribution in [3.05, 3.63) is 93.8 Å². The highest BCUT2D eigenvalue weighted by atomic mass is 16.5. The number of nitrogens with two attached hydrogens (primary N) is 1. The molecule has 4 aromatic rings. The molecule has 0 aliphatic rings. The second-order valence-electron chi connectivity index (χ2n) is 7.02. The van der Waals surface area contributed by atoms with Gasteiger partial charge in [-0.2, -0.15) is 0 Å². The third-order valence-electron chi connectivity index (χ3n) is 4.82. The van der Waals surface area contributed by atoms with Crippen molar-refractivity contribution in [3.63, 3.8) is 0 Å². The molecule has 1 aromatic heterocycles. The van der Waals surface area contributed by atoms with Crippen molar-refractivity contribution in [2.45, 2.75) is 6.92 Å². The van der Waals surface area contributed by atoms with Crippen molar-refractivity contribution < 1.29 is 19.1 Å². The number of phenols is 1. The summed E-state index contributed by atoms with van der Waals surface area (Å²) in [6.45, 7) is 1.79. The number of esters is 1. The van der Waals surface area contributed by atoms with Crippen LogP contribution >= 0.6 is 0 Å². The van der Waals surface area contributed by atoms with E-state index in [4.69, 9.17) is 14.9 Å². The van der Waals surface area contributed by atoms with E-state index in [1.165, 1.54) is 12.1 Å². The summed E-state index contributed by atoms with van der Waals surface area (Å²) in [5, 5.41) is 10.7. The first-order valence-electron chi connectivity index (χ1n) is 9.90. The topological polar surface area (TPSA) is 103 Å². The first-order chi connectivity index (χ1) is 15.4. The summed E-state index contributed by atoms with van der Waals surface area (Å²) < 4.78 is 10.0. The number of benzene rings is 3. The minimum absolute atomic E-state index is 0.129. The van der Waals surface area contributed by atoms with Gasteiger partial charge in [-0.3, -0.25) is 0 Å². The monoisotopic (exact) mass is 425 g/mol. The molecule has 0 fully saturated rings. The number of rotatable bonds is 3. The van der Waals surface area contributed by atoms with Gasteiger partial charge in [0.1, 0.15) is 16.9 Å². The van der Waals surface area contributed by atoms with Gasteiger partial charge in [0.25, 0.3) is 0 Å². The van der Waals surface area contributed by atoms with E-state index in [9.17, 15) is 14.7 Å². The minimum atomic E-state index is -0.824. The maximum Gasteiger partial charge on any atom is 0.351 e. The van der Waals surface area contributed by atoms with E-state index in [1.807, 2.05) is 48.5 Å². The van der Waals surface area contributed by atoms with E-state index in [-0.39, 0.29) is 23.5 Å². The first kappa shape index (κ1) is 20.8. The van der Waals surface area contributed by atoms with Crippen molar-refractivity contribution in [1.82, 2.24) is 0 Å². The van der Waals surface area contributed by atoms with E-state index in [0.717, 1.165) is 16.7 Å². The standard InChI is InChI=1S/C26H19NO5/c1-2-31-25(29)22-14-20-13-19(23(28)15-24(20)32-26(22)30)8-5-16-3-6-17(7-4-16)18-9-11-21(27)12-10-18/h3-4,6-7,9-15,28H,2,27H2,1H3. The van der Waals surface area contributed by atoms with Gasteiger partial charge >= 0.3 is 11.6 Å². The van der Waals surface area contributed by atoms with E-state index in [1.54, 1.807) is 13.0 Å². The van der Waals surface area contributed by atoms with Crippen LogP contribution < -0.4 is 11.4 Å². The zero-order valence-corrected chi connectivity index (χ0v) is 17.2. The van der Waals surface area contributed by atoms with E-state index in [0.29, 0.717) is 16.6 Å². The van der Waals surface area contributed by atoms with Crippen LogP contribution in [0.2, 0.25) is 0 Å². The third-order valence-corrected chi connectivity index (χ3v) is 4.82. The Labute approximate surface area is 183 Å². The summed E-state index contributed by atoms with van der Waals surface area (Å²) in [4.78, 5) is 24.0. The zero-order chi connectivity index (χ0) is 22.7. The van der Waals surface area contributed by atoms with Crippen molar-refractivity contribution in [2.24, 2.45) is 0 Å². The highest BCUT2D eigenvalue weighted by Crippen LogP contribution is 2.25. The second-order valence-corrected chi connectivity index (χ2v) is 7.02. The molecule has 0 amide bonds. The number of fused-ring (bicyclic) bond motifs is 1. The van der Waals surface area contributed by atoms with Crippen LogP contribution in [0, 0.1) is 11.8 Å². The average molecular weight is 425 g/mol. The molecule has 0 unspecified atom stereocenters. The van der Waals surface area contributed by atoms with Gasteiger partial charge in [0, 0.05) is 22.7 Å². The van der Waals surface area contributed by atoms with E-state index < -0.39 is 11.6 Å². The normalized spacial score (nSPS) is 10.4. The lowest BCUT2D eigenvalue weighted by Gasteiger charge is -2.04. The predicted octanol–water partition coefficient (Wildman–Crippen LogP) is 4.32. The molecule has 0 bridgehead atoms. The molecular weight excluding hydrogens is 406 g/mol. The number of aromatic hydroxyl groups is 1. The maximum absolute atomic E-state index is 12.0. The number of carbonyl (C=O) groups is 1. The van der Waals surface area contributed by atoms with Crippen LogP contribution in [0.4, 0.5) is 5.69 Å². The molecule has 6 heteroatoms. The first-order valence-corrected chi connectivity index (χ1v) is 9.90. The van der Waals surface area contributed by atoms with Crippen LogP contribution in [0.1, 0.15) is 28.4 Å².